The van der Waals surface area contributed by atoms with Crippen LogP contribution in [0.1, 0.15) is 18.9 Å². The van der Waals surface area contributed by atoms with Gasteiger partial charge in [-0.25, -0.2) is 0 Å². The summed E-state index contributed by atoms with van der Waals surface area (Å²) in [6.45, 7) is 6.47. The fourth-order valence-corrected chi connectivity index (χ4v) is 1.77. The summed E-state index contributed by atoms with van der Waals surface area (Å²) >= 11 is 1.41. The summed E-state index contributed by atoms with van der Waals surface area (Å²) in [5.74, 6) is 0.627. The molecule has 0 saturated carbocycles. The molecule has 14 heavy (non-hydrogen) atoms. The van der Waals surface area contributed by atoms with Crippen LogP contribution in [-0.4, -0.2) is 24.1 Å². The lowest BCUT2D eigenvalue weighted by Crippen LogP contribution is -2.05. The van der Waals surface area contributed by atoms with Gasteiger partial charge in [-0.05, 0) is 31.8 Å². The second kappa shape index (κ2) is 5.82. The number of nitrogens with two attached hydrogens (primary N) is 1. The molecule has 0 fully saturated rings. The van der Waals surface area contributed by atoms with E-state index in [2.05, 4.69) is 9.69 Å². The predicted octanol–water partition coefficient (Wildman–Crippen LogP) is 1.87. The van der Waals surface area contributed by atoms with Crippen LogP contribution < -0.4 is 11.1 Å². The first-order chi connectivity index (χ1) is 6.75. The van der Waals surface area contributed by atoms with Crippen molar-refractivity contribution in [3.05, 3.63) is 5.56 Å². The second-order valence-corrected chi connectivity index (χ2v) is 3.77. The first-order valence-corrected chi connectivity index (χ1v) is 5.56. The van der Waals surface area contributed by atoms with Gasteiger partial charge in [-0.3, -0.25) is 0 Å². The normalized spacial score (nSPS) is 10.4. The average Bonchev–Trinajstić information content (AvgIpc) is 2.49. The van der Waals surface area contributed by atoms with Crippen LogP contribution in [0.15, 0.2) is 0 Å². The fraction of sp³-hybridized carbons (Fsp3) is 0.667. The highest BCUT2D eigenvalue weighted by molar-refractivity contribution is 7.10. The van der Waals surface area contributed by atoms with Crippen molar-refractivity contribution in [1.82, 2.24) is 4.37 Å². The molecule has 1 aromatic heterocycles. The highest BCUT2D eigenvalue weighted by atomic mass is 32.1. The summed E-state index contributed by atoms with van der Waals surface area (Å²) in [6.07, 6.45) is 1.01. The number of nitrogen functional groups attached to an aromatic ring is 1. The zero-order valence-corrected chi connectivity index (χ0v) is 9.49. The van der Waals surface area contributed by atoms with E-state index in [0.717, 1.165) is 36.7 Å². The maximum atomic E-state index is 5.63. The van der Waals surface area contributed by atoms with Crippen molar-refractivity contribution in [2.75, 3.05) is 30.8 Å². The Morgan fingerprint density at radius 1 is 1.57 bits per heavy atom. The zero-order valence-electron chi connectivity index (χ0n) is 8.67. The highest BCUT2D eigenvalue weighted by Gasteiger charge is 2.04. The maximum absolute atomic E-state index is 5.63. The molecule has 0 unspecified atom stereocenters. The quantitative estimate of drug-likeness (QED) is 0.711. The van der Waals surface area contributed by atoms with Gasteiger partial charge in [-0.2, -0.15) is 4.37 Å². The van der Waals surface area contributed by atoms with E-state index in [1.807, 2.05) is 13.8 Å². The van der Waals surface area contributed by atoms with E-state index in [0.29, 0.717) is 5.82 Å². The number of anilines is 2. The lowest BCUT2D eigenvalue weighted by molar-refractivity contribution is 0.147. The molecule has 0 radical (unpaired) electrons. The van der Waals surface area contributed by atoms with E-state index in [-0.39, 0.29) is 0 Å². The molecular formula is C9H17N3OS. The molecule has 0 bridgehead atoms. The minimum absolute atomic E-state index is 0.627. The van der Waals surface area contributed by atoms with E-state index in [9.17, 15) is 0 Å². The van der Waals surface area contributed by atoms with Crippen LogP contribution >= 0.6 is 11.5 Å². The van der Waals surface area contributed by atoms with E-state index < -0.39 is 0 Å². The van der Waals surface area contributed by atoms with Crippen molar-refractivity contribution >= 4 is 22.4 Å². The van der Waals surface area contributed by atoms with Crippen molar-refractivity contribution in [1.29, 1.82) is 0 Å². The predicted molar refractivity (Wildman–Crippen MR) is 60.9 cm³/mol. The van der Waals surface area contributed by atoms with Crippen molar-refractivity contribution in [3.63, 3.8) is 0 Å². The van der Waals surface area contributed by atoms with E-state index in [4.69, 9.17) is 10.5 Å². The first-order valence-electron chi connectivity index (χ1n) is 4.79. The van der Waals surface area contributed by atoms with E-state index in [1.165, 1.54) is 11.5 Å². The van der Waals surface area contributed by atoms with Gasteiger partial charge in [0.05, 0.1) is 0 Å². The lowest BCUT2D eigenvalue weighted by Gasteiger charge is -2.04. The van der Waals surface area contributed by atoms with Gasteiger partial charge >= 0.3 is 0 Å². The monoisotopic (exact) mass is 215 g/mol. The number of ether oxygens (including phenoxy) is 1. The number of nitrogens with one attached hydrogen (secondary N) is 1. The van der Waals surface area contributed by atoms with E-state index >= 15 is 0 Å². The molecule has 0 aliphatic carbocycles. The molecule has 1 heterocycles. The van der Waals surface area contributed by atoms with Gasteiger partial charge in [0.15, 0.2) is 0 Å². The highest BCUT2D eigenvalue weighted by Crippen LogP contribution is 2.24. The first kappa shape index (κ1) is 11.3. The summed E-state index contributed by atoms with van der Waals surface area (Å²) in [5, 5.41) is 4.36. The molecule has 0 aliphatic heterocycles. The third-order valence-electron chi connectivity index (χ3n) is 1.92. The van der Waals surface area contributed by atoms with Crippen molar-refractivity contribution < 1.29 is 4.74 Å². The molecule has 80 valence electrons. The van der Waals surface area contributed by atoms with Crippen LogP contribution in [0.3, 0.4) is 0 Å². The Hall–Kier alpha value is -0.810. The van der Waals surface area contributed by atoms with Gasteiger partial charge in [-0.1, -0.05) is 0 Å². The maximum Gasteiger partial charge on any atom is 0.142 e. The molecule has 0 atom stereocenters. The molecule has 0 amide bonds. The van der Waals surface area contributed by atoms with E-state index in [1.54, 1.807) is 0 Å². The standard InChI is InChI=1S/C9H17N3OS/c1-3-13-6-4-5-11-9-7(2)8(10)12-14-9/h11H,3-6H2,1-2H3,(H2,10,12). The zero-order chi connectivity index (χ0) is 10.4. The van der Waals surface area contributed by atoms with Gasteiger partial charge < -0.3 is 15.8 Å². The lowest BCUT2D eigenvalue weighted by atomic mass is 10.3. The van der Waals surface area contributed by atoms with Crippen molar-refractivity contribution in [3.8, 4) is 0 Å². The summed E-state index contributed by atoms with van der Waals surface area (Å²) < 4.78 is 9.29. The largest absolute Gasteiger partial charge is 0.383 e. The molecule has 1 aromatic rings. The average molecular weight is 215 g/mol. The Bertz CT molecular complexity index is 275. The molecule has 5 heteroatoms. The molecule has 0 spiro atoms. The molecule has 0 aromatic carbocycles. The Labute approximate surface area is 88.6 Å². The van der Waals surface area contributed by atoms with Crippen molar-refractivity contribution in [2.24, 2.45) is 0 Å². The summed E-state index contributed by atoms with van der Waals surface area (Å²) in [6, 6.07) is 0. The summed E-state index contributed by atoms with van der Waals surface area (Å²) in [7, 11) is 0. The summed E-state index contributed by atoms with van der Waals surface area (Å²) in [4.78, 5) is 0. The SMILES string of the molecule is CCOCCCNc1snc(N)c1C. The summed E-state index contributed by atoms with van der Waals surface area (Å²) in [5.41, 5.74) is 6.67. The topological polar surface area (TPSA) is 60.2 Å². The van der Waals surface area contributed by atoms with Gasteiger partial charge in [-0.15, -0.1) is 0 Å². The smallest absolute Gasteiger partial charge is 0.142 e. The molecule has 1 rings (SSSR count). The van der Waals surface area contributed by atoms with Gasteiger partial charge in [0, 0.05) is 25.3 Å². The molecule has 3 N–H and O–H groups in total. The Balaban J connectivity index is 2.21. The molecule has 4 nitrogen and oxygen atoms in total. The number of hydrogen-bond donors (Lipinski definition) is 2. The third-order valence-corrected chi connectivity index (χ3v) is 2.84. The minimum Gasteiger partial charge on any atom is -0.383 e. The number of aromatic nitrogens is 1. The molecular weight excluding hydrogens is 198 g/mol. The second-order valence-electron chi connectivity index (χ2n) is 3.00. The fourth-order valence-electron chi connectivity index (χ4n) is 1.03. The van der Waals surface area contributed by atoms with Gasteiger partial charge in [0.1, 0.15) is 10.8 Å². The number of nitrogens with zero attached hydrogens (tertiary/aromatic N) is 1. The number of rotatable bonds is 6. The van der Waals surface area contributed by atoms with Crippen LogP contribution in [0.5, 0.6) is 0 Å². The molecule has 0 aliphatic rings. The third kappa shape index (κ3) is 3.16. The van der Waals surface area contributed by atoms with Crippen LogP contribution in [0.4, 0.5) is 10.8 Å². The van der Waals surface area contributed by atoms with Gasteiger partial charge in [0.2, 0.25) is 0 Å². The Morgan fingerprint density at radius 3 is 2.93 bits per heavy atom. The Kier molecular flexibility index (Phi) is 4.69. The number of hydrogen-bond acceptors (Lipinski definition) is 5. The Morgan fingerprint density at radius 2 is 2.36 bits per heavy atom. The van der Waals surface area contributed by atoms with Crippen LogP contribution in [0, 0.1) is 6.92 Å². The van der Waals surface area contributed by atoms with Gasteiger partial charge in [0.25, 0.3) is 0 Å². The minimum atomic E-state index is 0.627. The van der Waals surface area contributed by atoms with Crippen LogP contribution in [0.2, 0.25) is 0 Å². The van der Waals surface area contributed by atoms with Crippen LogP contribution in [-0.2, 0) is 4.74 Å². The van der Waals surface area contributed by atoms with Crippen molar-refractivity contribution in [2.45, 2.75) is 20.3 Å². The van der Waals surface area contributed by atoms with Crippen LogP contribution in [0.25, 0.3) is 0 Å². The molecule has 0 saturated heterocycles.